The Kier molecular flexibility index (Phi) is 4.83. The average molecular weight is 284 g/mol. The number of hydrogen-bond donors (Lipinski definition) is 1. The molecule has 1 saturated heterocycles. The van der Waals surface area contributed by atoms with Crippen LogP contribution in [0.2, 0.25) is 0 Å². The maximum Gasteiger partial charge on any atom is 0.230 e. The lowest BCUT2D eigenvalue weighted by atomic mass is 9.69. The fourth-order valence-corrected chi connectivity index (χ4v) is 4.44. The molecule has 19 heavy (non-hydrogen) atoms. The number of hydrogen-bond acceptors (Lipinski definition) is 3. The van der Waals surface area contributed by atoms with Crippen LogP contribution in [0, 0.1) is 11.3 Å². The van der Waals surface area contributed by atoms with Gasteiger partial charge in [-0.3, -0.25) is 4.79 Å². The van der Waals surface area contributed by atoms with Crippen molar-refractivity contribution in [1.29, 1.82) is 0 Å². The van der Waals surface area contributed by atoms with Gasteiger partial charge in [0.1, 0.15) is 0 Å². The molecule has 0 aromatic carbocycles. The maximum absolute atomic E-state index is 13.0. The van der Waals surface area contributed by atoms with Gasteiger partial charge in [-0.2, -0.15) is 11.8 Å². The highest BCUT2D eigenvalue weighted by atomic mass is 32.2. The molecular formula is C15H28N2OS. The molecule has 2 N–H and O–H groups in total. The summed E-state index contributed by atoms with van der Waals surface area (Å²) in [4.78, 5) is 15.1. The predicted molar refractivity (Wildman–Crippen MR) is 82.2 cm³/mol. The van der Waals surface area contributed by atoms with Crippen molar-refractivity contribution in [1.82, 2.24) is 4.90 Å². The number of nitrogens with two attached hydrogens (primary N) is 1. The van der Waals surface area contributed by atoms with Crippen molar-refractivity contribution in [3.63, 3.8) is 0 Å². The van der Waals surface area contributed by atoms with Crippen LogP contribution in [0.15, 0.2) is 0 Å². The molecule has 2 unspecified atom stereocenters. The molecule has 2 atom stereocenters. The van der Waals surface area contributed by atoms with E-state index in [0.717, 1.165) is 43.9 Å². The van der Waals surface area contributed by atoms with Gasteiger partial charge in [0.2, 0.25) is 5.91 Å². The van der Waals surface area contributed by atoms with Crippen LogP contribution in [0.5, 0.6) is 0 Å². The summed E-state index contributed by atoms with van der Waals surface area (Å²) in [5, 5.41) is 0.537. The van der Waals surface area contributed by atoms with Crippen LogP contribution in [0.1, 0.15) is 46.5 Å². The zero-order valence-electron chi connectivity index (χ0n) is 12.5. The first kappa shape index (κ1) is 15.2. The molecule has 3 nitrogen and oxygen atoms in total. The number of carbonyl (C=O) groups excluding carboxylic acids is 1. The molecule has 2 rings (SSSR count). The van der Waals surface area contributed by atoms with Gasteiger partial charge in [-0.15, -0.1) is 0 Å². The molecule has 1 saturated carbocycles. The lowest BCUT2D eigenvalue weighted by Crippen LogP contribution is -2.56. The Morgan fingerprint density at radius 2 is 1.95 bits per heavy atom. The molecule has 1 aliphatic heterocycles. The van der Waals surface area contributed by atoms with Gasteiger partial charge in [0.15, 0.2) is 0 Å². The normalized spacial score (nSPS) is 40.2. The summed E-state index contributed by atoms with van der Waals surface area (Å²) in [6.45, 7) is 8.11. The second-order valence-electron chi connectivity index (χ2n) is 6.48. The molecule has 0 aromatic rings. The largest absolute Gasteiger partial charge is 0.338 e. The Morgan fingerprint density at radius 1 is 1.32 bits per heavy atom. The van der Waals surface area contributed by atoms with Crippen molar-refractivity contribution in [2.24, 2.45) is 17.1 Å². The molecule has 0 spiro atoms. The minimum atomic E-state index is -0.261. The molecule has 0 bridgehead atoms. The maximum atomic E-state index is 13.0. The summed E-state index contributed by atoms with van der Waals surface area (Å²) in [7, 11) is 0. The van der Waals surface area contributed by atoms with Crippen LogP contribution < -0.4 is 5.73 Å². The molecule has 0 aromatic heterocycles. The van der Waals surface area contributed by atoms with E-state index >= 15 is 0 Å². The second-order valence-corrected chi connectivity index (χ2v) is 7.97. The first-order valence-electron chi connectivity index (χ1n) is 7.63. The Bertz CT molecular complexity index is 326. The molecule has 4 heteroatoms. The smallest absolute Gasteiger partial charge is 0.230 e. The lowest BCUT2D eigenvalue weighted by Gasteiger charge is -2.45. The highest BCUT2D eigenvalue weighted by molar-refractivity contribution is 8.00. The monoisotopic (exact) mass is 284 g/mol. The van der Waals surface area contributed by atoms with Crippen molar-refractivity contribution in [3.8, 4) is 0 Å². The summed E-state index contributed by atoms with van der Waals surface area (Å²) in [6, 6.07) is 0.342. The highest BCUT2D eigenvalue weighted by Crippen LogP contribution is 2.41. The fraction of sp³-hybridized carbons (Fsp3) is 0.933. The molecule has 2 aliphatic rings. The third-order valence-electron chi connectivity index (χ3n) is 5.22. The standard InChI is InChI=1S/C15H28N2OS/c1-11-4-6-15(10-16,7-5-11)14(18)17-8-9-19-13(3)12(17)2/h11-13H,4-10,16H2,1-3H3. The molecule has 1 heterocycles. The van der Waals surface area contributed by atoms with E-state index in [-0.39, 0.29) is 5.41 Å². The molecule has 2 fully saturated rings. The van der Waals surface area contributed by atoms with E-state index < -0.39 is 0 Å². The fourth-order valence-electron chi connectivity index (χ4n) is 3.34. The van der Waals surface area contributed by atoms with Crippen LogP contribution in [-0.4, -0.2) is 40.9 Å². The van der Waals surface area contributed by atoms with Gasteiger partial charge in [0, 0.05) is 30.1 Å². The highest BCUT2D eigenvalue weighted by Gasteiger charge is 2.44. The number of amides is 1. The zero-order chi connectivity index (χ0) is 14.0. The van der Waals surface area contributed by atoms with Crippen molar-refractivity contribution in [2.75, 3.05) is 18.8 Å². The summed E-state index contributed by atoms with van der Waals surface area (Å²) in [5.41, 5.74) is 5.76. The van der Waals surface area contributed by atoms with Crippen molar-refractivity contribution < 1.29 is 4.79 Å². The second kappa shape index (κ2) is 6.04. The Balaban J connectivity index is 2.12. The van der Waals surface area contributed by atoms with Crippen molar-refractivity contribution >= 4 is 17.7 Å². The summed E-state index contributed by atoms with van der Waals surface area (Å²) >= 11 is 1.98. The molecule has 110 valence electrons. The van der Waals surface area contributed by atoms with Crippen LogP contribution in [-0.2, 0) is 4.79 Å². The molecule has 1 aliphatic carbocycles. The van der Waals surface area contributed by atoms with E-state index in [4.69, 9.17) is 5.73 Å². The Labute approximate surface area is 121 Å². The zero-order valence-corrected chi connectivity index (χ0v) is 13.3. The van der Waals surface area contributed by atoms with E-state index in [1.165, 1.54) is 0 Å². The minimum Gasteiger partial charge on any atom is -0.338 e. The SMILES string of the molecule is CC1CCC(CN)(C(=O)N2CCSC(C)C2C)CC1. The molecule has 1 amide bonds. The van der Waals surface area contributed by atoms with Crippen LogP contribution in [0.3, 0.4) is 0 Å². The topological polar surface area (TPSA) is 46.3 Å². The van der Waals surface area contributed by atoms with Crippen molar-refractivity contribution in [2.45, 2.75) is 57.7 Å². The van der Waals surface area contributed by atoms with E-state index in [2.05, 4.69) is 25.7 Å². The van der Waals surface area contributed by atoms with Gasteiger partial charge < -0.3 is 10.6 Å². The summed E-state index contributed by atoms with van der Waals surface area (Å²) in [6.07, 6.45) is 4.26. The van der Waals surface area contributed by atoms with Crippen molar-refractivity contribution in [3.05, 3.63) is 0 Å². The van der Waals surface area contributed by atoms with Gasteiger partial charge >= 0.3 is 0 Å². The van der Waals surface area contributed by atoms with E-state index in [0.29, 0.717) is 23.7 Å². The van der Waals surface area contributed by atoms with Gasteiger partial charge in [-0.05, 0) is 38.5 Å². The average Bonchev–Trinajstić information content (AvgIpc) is 2.42. The van der Waals surface area contributed by atoms with E-state index in [1.54, 1.807) is 0 Å². The minimum absolute atomic E-state index is 0.261. The number of carbonyl (C=O) groups is 1. The number of thioether (sulfide) groups is 1. The van der Waals surface area contributed by atoms with Gasteiger partial charge in [-0.25, -0.2) is 0 Å². The third-order valence-corrected chi connectivity index (χ3v) is 6.56. The number of rotatable bonds is 2. The van der Waals surface area contributed by atoms with Gasteiger partial charge in [-0.1, -0.05) is 13.8 Å². The summed E-state index contributed by atoms with van der Waals surface area (Å²) < 4.78 is 0. The van der Waals surface area contributed by atoms with Gasteiger partial charge in [0.25, 0.3) is 0 Å². The molecule has 0 radical (unpaired) electrons. The van der Waals surface area contributed by atoms with Crippen LogP contribution in [0.4, 0.5) is 0 Å². The summed E-state index contributed by atoms with van der Waals surface area (Å²) in [5.74, 6) is 2.15. The molecular weight excluding hydrogens is 256 g/mol. The third kappa shape index (κ3) is 2.94. The predicted octanol–water partition coefficient (Wildman–Crippen LogP) is 2.49. The number of nitrogens with zero attached hydrogens (tertiary/aromatic N) is 1. The van der Waals surface area contributed by atoms with Crippen LogP contribution >= 0.6 is 11.8 Å². The first-order valence-corrected chi connectivity index (χ1v) is 8.68. The lowest BCUT2D eigenvalue weighted by molar-refractivity contribution is -0.146. The Hall–Kier alpha value is -0.220. The van der Waals surface area contributed by atoms with Crippen LogP contribution in [0.25, 0.3) is 0 Å². The first-order chi connectivity index (χ1) is 9.00. The van der Waals surface area contributed by atoms with Gasteiger partial charge in [0.05, 0.1) is 5.41 Å². The van der Waals surface area contributed by atoms with E-state index in [1.807, 2.05) is 11.8 Å². The quantitative estimate of drug-likeness (QED) is 0.847. The van der Waals surface area contributed by atoms with E-state index in [9.17, 15) is 4.79 Å². The Morgan fingerprint density at radius 3 is 2.53 bits per heavy atom.